The largest absolute Gasteiger partial charge is 0.370 e. The Hall–Kier alpha value is -3.06. The Bertz CT molecular complexity index is 1040. The summed E-state index contributed by atoms with van der Waals surface area (Å²) in [4.78, 5) is 14.9. The van der Waals surface area contributed by atoms with Crippen molar-refractivity contribution in [2.45, 2.75) is 18.8 Å². The molecule has 3 aromatic rings. The Labute approximate surface area is 152 Å². The third-order valence-corrected chi connectivity index (χ3v) is 5.47. The molecular formula is C22H21N3O. The maximum atomic E-state index is 12.7. The number of fused-ring (bicyclic) bond motifs is 1. The molecule has 26 heavy (non-hydrogen) atoms. The Kier molecular flexibility index (Phi) is 4.22. The number of para-hydroxylation sites is 1. The van der Waals surface area contributed by atoms with Gasteiger partial charge in [0, 0.05) is 25.5 Å². The summed E-state index contributed by atoms with van der Waals surface area (Å²) in [6.07, 6.45) is 2.05. The van der Waals surface area contributed by atoms with Crippen LogP contribution in [0.1, 0.15) is 29.9 Å². The average molecular weight is 343 g/mol. The smallest absolute Gasteiger partial charge is 0.270 e. The highest BCUT2D eigenvalue weighted by atomic mass is 16.1. The summed E-state index contributed by atoms with van der Waals surface area (Å²) in [5, 5.41) is 10.6. The Balaban J connectivity index is 1.73. The summed E-state index contributed by atoms with van der Waals surface area (Å²) in [5.74, 6) is 0.538. The average Bonchev–Trinajstić information content (AvgIpc) is 2.71. The third-order valence-electron chi connectivity index (χ3n) is 5.47. The van der Waals surface area contributed by atoms with Crippen LogP contribution in [-0.2, 0) is 7.05 Å². The zero-order valence-corrected chi connectivity index (χ0v) is 14.9. The molecule has 1 aliphatic heterocycles. The number of aryl methyl sites for hydroxylation is 1. The Morgan fingerprint density at radius 2 is 1.65 bits per heavy atom. The van der Waals surface area contributed by atoms with Crippen molar-refractivity contribution < 1.29 is 0 Å². The Morgan fingerprint density at radius 1 is 1.00 bits per heavy atom. The van der Waals surface area contributed by atoms with Crippen LogP contribution in [-0.4, -0.2) is 17.7 Å². The molecule has 2 heterocycles. The van der Waals surface area contributed by atoms with Crippen molar-refractivity contribution in [1.82, 2.24) is 4.57 Å². The molecule has 130 valence electrons. The zero-order valence-electron chi connectivity index (χ0n) is 14.9. The predicted molar refractivity (Wildman–Crippen MR) is 105 cm³/mol. The van der Waals surface area contributed by atoms with E-state index >= 15 is 0 Å². The first-order valence-electron chi connectivity index (χ1n) is 9.02. The van der Waals surface area contributed by atoms with Gasteiger partial charge in [-0.2, -0.15) is 5.26 Å². The first-order chi connectivity index (χ1) is 12.7. The van der Waals surface area contributed by atoms with Gasteiger partial charge in [0.15, 0.2) is 0 Å². The lowest BCUT2D eigenvalue weighted by molar-refractivity contribution is 0.506. The topological polar surface area (TPSA) is 49.0 Å². The molecule has 1 saturated heterocycles. The summed E-state index contributed by atoms with van der Waals surface area (Å²) in [6, 6.07) is 20.6. The number of pyridine rings is 1. The summed E-state index contributed by atoms with van der Waals surface area (Å²) in [5.41, 5.74) is 3.09. The highest BCUT2D eigenvalue weighted by Gasteiger charge is 2.25. The molecule has 1 fully saturated rings. The van der Waals surface area contributed by atoms with Gasteiger partial charge in [0.2, 0.25) is 0 Å². The molecule has 0 amide bonds. The zero-order chi connectivity index (χ0) is 18.1. The van der Waals surface area contributed by atoms with Gasteiger partial charge in [-0.1, -0.05) is 48.5 Å². The fourth-order valence-corrected chi connectivity index (χ4v) is 4.07. The van der Waals surface area contributed by atoms with E-state index in [0.29, 0.717) is 5.92 Å². The number of hydrogen-bond acceptors (Lipinski definition) is 3. The van der Waals surface area contributed by atoms with Crippen LogP contribution >= 0.6 is 0 Å². The van der Waals surface area contributed by atoms with Crippen molar-refractivity contribution in [1.29, 1.82) is 5.26 Å². The third kappa shape index (κ3) is 2.66. The molecule has 1 aliphatic rings. The van der Waals surface area contributed by atoms with E-state index in [4.69, 9.17) is 0 Å². The van der Waals surface area contributed by atoms with Gasteiger partial charge in [-0.05, 0) is 30.4 Å². The van der Waals surface area contributed by atoms with E-state index < -0.39 is 0 Å². The number of nitriles is 1. The van der Waals surface area contributed by atoms with Crippen molar-refractivity contribution in [3.05, 3.63) is 76.1 Å². The van der Waals surface area contributed by atoms with Gasteiger partial charge < -0.3 is 9.47 Å². The van der Waals surface area contributed by atoms with Gasteiger partial charge in [-0.3, -0.25) is 4.79 Å². The highest BCUT2D eigenvalue weighted by molar-refractivity contribution is 5.94. The van der Waals surface area contributed by atoms with Crippen molar-refractivity contribution in [3.63, 3.8) is 0 Å². The first-order valence-corrected chi connectivity index (χ1v) is 9.02. The highest BCUT2D eigenvalue weighted by Crippen LogP contribution is 2.34. The lowest BCUT2D eigenvalue weighted by Gasteiger charge is -2.35. The minimum atomic E-state index is -0.216. The quantitative estimate of drug-likeness (QED) is 0.711. The van der Waals surface area contributed by atoms with Crippen molar-refractivity contribution in [3.8, 4) is 6.07 Å². The number of aromatic nitrogens is 1. The van der Waals surface area contributed by atoms with Crippen molar-refractivity contribution >= 4 is 16.6 Å². The standard InChI is InChI=1S/C22H21N3O/c1-24-20-10-6-5-9-18(20)21(19(15-23)22(24)26)25-13-11-17(12-14-25)16-7-3-2-4-8-16/h2-10,17H,11-14H2,1H3. The summed E-state index contributed by atoms with van der Waals surface area (Å²) >= 11 is 0. The minimum Gasteiger partial charge on any atom is -0.370 e. The summed E-state index contributed by atoms with van der Waals surface area (Å²) in [6.45, 7) is 1.71. The second kappa shape index (κ2) is 6.68. The van der Waals surface area contributed by atoms with Gasteiger partial charge >= 0.3 is 0 Å². The van der Waals surface area contributed by atoms with Crippen LogP contribution < -0.4 is 10.5 Å². The number of benzene rings is 2. The lowest BCUT2D eigenvalue weighted by atomic mass is 9.89. The molecule has 0 atom stereocenters. The van der Waals surface area contributed by atoms with E-state index in [1.54, 1.807) is 11.6 Å². The second-order valence-corrected chi connectivity index (χ2v) is 6.89. The van der Waals surface area contributed by atoms with Crippen LogP contribution in [0.5, 0.6) is 0 Å². The molecule has 0 saturated carbocycles. The molecule has 0 N–H and O–H groups in total. The van der Waals surface area contributed by atoms with Gasteiger partial charge in [0.05, 0.1) is 11.2 Å². The van der Waals surface area contributed by atoms with Crippen LogP contribution in [0, 0.1) is 11.3 Å². The fourth-order valence-electron chi connectivity index (χ4n) is 4.07. The van der Waals surface area contributed by atoms with Gasteiger partial charge in [0.25, 0.3) is 5.56 Å². The fraction of sp³-hybridized carbons (Fsp3) is 0.273. The van der Waals surface area contributed by atoms with Crippen LogP contribution in [0.3, 0.4) is 0 Å². The number of hydrogen-bond donors (Lipinski definition) is 0. The molecule has 4 rings (SSSR count). The SMILES string of the molecule is Cn1c(=O)c(C#N)c(N2CCC(c3ccccc3)CC2)c2ccccc21. The van der Waals surface area contributed by atoms with E-state index in [2.05, 4.69) is 35.2 Å². The van der Waals surface area contributed by atoms with Gasteiger partial charge in [0.1, 0.15) is 11.6 Å². The first kappa shape index (κ1) is 16.4. The van der Waals surface area contributed by atoms with Crippen molar-refractivity contribution in [2.75, 3.05) is 18.0 Å². The maximum absolute atomic E-state index is 12.7. The van der Waals surface area contributed by atoms with Crippen LogP contribution in [0.25, 0.3) is 10.9 Å². The molecule has 0 radical (unpaired) electrons. The second-order valence-electron chi connectivity index (χ2n) is 6.89. The van der Waals surface area contributed by atoms with E-state index in [9.17, 15) is 10.1 Å². The number of piperidine rings is 1. The molecule has 4 nitrogen and oxygen atoms in total. The predicted octanol–water partition coefficient (Wildman–Crippen LogP) is 3.79. The molecule has 0 aliphatic carbocycles. The number of anilines is 1. The summed E-state index contributed by atoms with van der Waals surface area (Å²) in [7, 11) is 1.73. The van der Waals surface area contributed by atoms with E-state index in [1.165, 1.54) is 5.56 Å². The number of nitrogens with zero attached hydrogens (tertiary/aromatic N) is 3. The summed E-state index contributed by atoms with van der Waals surface area (Å²) < 4.78 is 1.58. The number of rotatable bonds is 2. The van der Waals surface area contributed by atoms with Gasteiger partial charge in [-0.25, -0.2) is 0 Å². The van der Waals surface area contributed by atoms with Crippen LogP contribution in [0.15, 0.2) is 59.4 Å². The van der Waals surface area contributed by atoms with E-state index in [0.717, 1.165) is 42.5 Å². The lowest BCUT2D eigenvalue weighted by Crippen LogP contribution is -2.35. The normalized spacial score (nSPS) is 15.2. The van der Waals surface area contributed by atoms with E-state index in [1.807, 2.05) is 30.3 Å². The maximum Gasteiger partial charge on any atom is 0.270 e. The molecule has 0 bridgehead atoms. The molecular weight excluding hydrogens is 322 g/mol. The Morgan fingerprint density at radius 3 is 2.35 bits per heavy atom. The van der Waals surface area contributed by atoms with Crippen LogP contribution in [0.4, 0.5) is 5.69 Å². The molecule has 4 heteroatoms. The monoisotopic (exact) mass is 343 g/mol. The van der Waals surface area contributed by atoms with Crippen molar-refractivity contribution in [2.24, 2.45) is 7.05 Å². The molecule has 0 unspecified atom stereocenters. The van der Waals surface area contributed by atoms with E-state index in [-0.39, 0.29) is 11.1 Å². The van der Waals surface area contributed by atoms with Crippen LogP contribution in [0.2, 0.25) is 0 Å². The molecule has 1 aromatic heterocycles. The molecule has 2 aromatic carbocycles. The van der Waals surface area contributed by atoms with Gasteiger partial charge in [-0.15, -0.1) is 0 Å². The minimum absolute atomic E-state index is 0.216. The molecule has 0 spiro atoms.